The van der Waals surface area contributed by atoms with Crippen LogP contribution in [0.25, 0.3) is 16.4 Å². The minimum atomic E-state index is -0.283. The molecule has 216 valence electrons. The number of ether oxygens (including phenoxy) is 1. The number of amides is 1. The lowest BCUT2D eigenvalue weighted by Gasteiger charge is -2.40. The van der Waals surface area contributed by atoms with Crippen molar-refractivity contribution in [3.63, 3.8) is 0 Å². The van der Waals surface area contributed by atoms with Crippen molar-refractivity contribution in [2.75, 3.05) is 44.7 Å². The molecule has 10 heteroatoms. The van der Waals surface area contributed by atoms with Crippen molar-refractivity contribution >= 4 is 28.1 Å². The average molecular weight is 565 g/mol. The number of carbonyl (C=O) groups is 1. The van der Waals surface area contributed by atoms with E-state index in [0.717, 1.165) is 25.1 Å². The van der Waals surface area contributed by atoms with E-state index in [2.05, 4.69) is 72.8 Å². The van der Waals surface area contributed by atoms with Crippen LogP contribution in [0, 0.1) is 18.3 Å². The molecule has 2 aromatic carbocycles. The maximum absolute atomic E-state index is 12.5. The second kappa shape index (κ2) is 11.8. The summed E-state index contributed by atoms with van der Waals surface area (Å²) in [6.07, 6.45) is 6.27. The number of imidazole rings is 1. The molecule has 2 fully saturated rings. The van der Waals surface area contributed by atoms with Gasteiger partial charge in [0.05, 0.1) is 30.4 Å². The number of rotatable bonds is 8. The summed E-state index contributed by atoms with van der Waals surface area (Å²) in [6.45, 7) is 8.80. The lowest BCUT2D eigenvalue weighted by atomic mass is 9.97. The van der Waals surface area contributed by atoms with E-state index in [4.69, 9.17) is 19.8 Å². The lowest BCUT2D eigenvalue weighted by Crippen LogP contribution is -2.55. The van der Waals surface area contributed by atoms with Crippen LogP contribution in [0.2, 0.25) is 0 Å². The molecule has 0 spiro atoms. The lowest BCUT2D eigenvalue weighted by molar-refractivity contribution is -0.128. The number of anilines is 1. The number of fused-ring (bicyclic) bond motifs is 2. The number of nitriles is 1. The van der Waals surface area contributed by atoms with Gasteiger partial charge in [0.25, 0.3) is 0 Å². The van der Waals surface area contributed by atoms with Gasteiger partial charge in [-0.3, -0.25) is 4.79 Å². The number of hydrogen-bond acceptors (Lipinski definition) is 8. The number of benzene rings is 2. The molecule has 1 amide bonds. The van der Waals surface area contributed by atoms with Crippen molar-refractivity contribution in [2.24, 2.45) is 0 Å². The van der Waals surface area contributed by atoms with Crippen LogP contribution in [-0.4, -0.2) is 87.2 Å². The highest BCUT2D eigenvalue weighted by molar-refractivity contribution is 5.89. The molecule has 4 heterocycles. The van der Waals surface area contributed by atoms with E-state index in [1.165, 1.54) is 28.0 Å². The summed E-state index contributed by atoms with van der Waals surface area (Å²) in [5.74, 6) is 0.481. The number of carbonyl (C=O) groups excluding carboxylic acids is 1. The first-order valence-corrected chi connectivity index (χ1v) is 14.6. The van der Waals surface area contributed by atoms with Crippen LogP contribution < -0.4 is 9.64 Å². The predicted molar refractivity (Wildman–Crippen MR) is 162 cm³/mol. The number of aromatic nitrogens is 4. The molecule has 2 saturated heterocycles. The Labute approximate surface area is 245 Å². The van der Waals surface area contributed by atoms with E-state index in [1.54, 1.807) is 4.90 Å². The quantitative estimate of drug-likeness (QED) is 0.298. The molecule has 2 atom stereocenters. The van der Waals surface area contributed by atoms with Crippen molar-refractivity contribution < 1.29 is 9.53 Å². The van der Waals surface area contributed by atoms with E-state index in [0.29, 0.717) is 56.2 Å². The van der Waals surface area contributed by atoms with Crippen LogP contribution in [0.4, 0.5) is 5.82 Å². The molecule has 0 unspecified atom stereocenters. The van der Waals surface area contributed by atoms with Gasteiger partial charge < -0.3 is 19.4 Å². The molecule has 2 aliphatic heterocycles. The van der Waals surface area contributed by atoms with E-state index < -0.39 is 0 Å². The fourth-order valence-electron chi connectivity index (χ4n) is 6.34. The van der Waals surface area contributed by atoms with Gasteiger partial charge in [-0.1, -0.05) is 43.0 Å². The Hall–Kier alpha value is -4.49. The fourth-order valence-corrected chi connectivity index (χ4v) is 6.34. The van der Waals surface area contributed by atoms with Crippen molar-refractivity contribution in [1.29, 1.82) is 5.26 Å². The Morgan fingerprint density at radius 2 is 2.02 bits per heavy atom. The van der Waals surface area contributed by atoms with Crippen LogP contribution in [0.3, 0.4) is 0 Å². The molecular weight excluding hydrogens is 528 g/mol. The Morgan fingerprint density at radius 3 is 2.79 bits per heavy atom. The van der Waals surface area contributed by atoms with Gasteiger partial charge >= 0.3 is 6.01 Å². The van der Waals surface area contributed by atoms with Gasteiger partial charge in [-0.05, 0) is 61.3 Å². The van der Waals surface area contributed by atoms with Crippen LogP contribution in [0.1, 0.15) is 36.1 Å². The van der Waals surface area contributed by atoms with Crippen molar-refractivity contribution in [3.8, 4) is 12.1 Å². The Balaban J connectivity index is 1.38. The Bertz CT molecular complexity index is 1670. The minimum absolute atomic E-state index is 0.166. The van der Waals surface area contributed by atoms with Crippen molar-refractivity contribution in [1.82, 2.24) is 29.4 Å². The van der Waals surface area contributed by atoms with E-state index in [9.17, 15) is 10.1 Å². The smallest absolute Gasteiger partial charge is 0.336 e. The van der Waals surface area contributed by atoms with Gasteiger partial charge in [-0.15, -0.1) is 5.10 Å². The first-order valence-electron chi connectivity index (χ1n) is 14.6. The summed E-state index contributed by atoms with van der Waals surface area (Å²) < 4.78 is 8.10. The van der Waals surface area contributed by atoms with E-state index in [1.807, 2.05) is 10.7 Å². The first-order chi connectivity index (χ1) is 20.5. The van der Waals surface area contributed by atoms with Gasteiger partial charge in [0.2, 0.25) is 5.91 Å². The van der Waals surface area contributed by atoms with Gasteiger partial charge in [0.1, 0.15) is 6.61 Å². The molecular formula is C32H36N8O2. The largest absolute Gasteiger partial charge is 0.461 e. The number of hydrogen-bond donors (Lipinski definition) is 0. The molecule has 6 rings (SSSR count). The highest BCUT2D eigenvalue weighted by Gasteiger charge is 2.32. The van der Waals surface area contributed by atoms with Crippen LogP contribution in [-0.2, 0) is 11.2 Å². The highest BCUT2D eigenvalue weighted by atomic mass is 16.5. The summed E-state index contributed by atoms with van der Waals surface area (Å²) in [5, 5.41) is 16.8. The zero-order chi connectivity index (χ0) is 29.2. The minimum Gasteiger partial charge on any atom is -0.461 e. The number of nitrogens with zero attached hydrogens (tertiary/aromatic N) is 8. The normalized spacial score (nSPS) is 19.4. The Kier molecular flexibility index (Phi) is 7.76. The molecule has 0 saturated carbocycles. The van der Waals surface area contributed by atoms with Gasteiger partial charge in [0, 0.05) is 32.1 Å². The van der Waals surface area contributed by atoms with Gasteiger partial charge in [0.15, 0.2) is 11.5 Å². The van der Waals surface area contributed by atoms with Gasteiger partial charge in [-0.2, -0.15) is 10.2 Å². The summed E-state index contributed by atoms with van der Waals surface area (Å²) in [4.78, 5) is 28.3. The molecule has 10 nitrogen and oxygen atoms in total. The average Bonchev–Trinajstić information content (AvgIpc) is 3.61. The zero-order valence-electron chi connectivity index (χ0n) is 24.2. The second-order valence-electron chi connectivity index (χ2n) is 11.3. The summed E-state index contributed by atoms with van der Waals surface area (Å²) in [7, 11) is 2.12. The van der Waals surface area contributed by atoms with Crippen molar-refractivity contribution in [2.45, 2.75) is 44.7 Å². The number of likely N-dealkylation sites (tertiary alicyclic amines) is 1. The molecule has 0 aliphatic carbocycles. The molecule has 4 aromatic rings. The molecule has 0 radical (unpaired) electrons. The van der Waals surface area contributed by atoms with E-state index >= 15 is 0 Å². The third-order valence-corrected chi connectivity index (χ3v) is 8.61. The number of likely N-dealkylation sites (N-methyl/N-ethyl adjacent to an activating group) is 1. The summed E-state index contributed by atoms with van der Waals surface area (Å²) in [5.41, 5.74) is 3.99. The van der Waals surface area contributed by atoms with Crippen molar-refractivity contribution in [3.05, 3.63) is 72.1 Å². The maximum atomic E-state index is 12.5. The Morgan fingerprint density at radius 1 is 1.19 bits per heavy atom. The summed E-state index contributed by atoms with van der Waals surface area (Å²) >= 11 is 0. The molecule has 0 N–H and O–H groups in total. The molecule has 0 bridgehead atoms. The van der Waals surface area contributed by atoms with Crippen LogP contribution in [0.15, 0.2) is 55.3 Å². The number of aryl methyl sites for hydroxylation is 1. The topological polar surface area (TPSA) is 103 Å². The SMILES string of the molecule is C=CC(=O)N1CCN(c2nc(OC[C@@H]3CCCN3C)nn3c(Cc4cccc5cccc(C)c45)cnc23)C[C@@H]1CC#N. The molecule has 2 aromatic heterocycles. The fraction of sp³-hybridized carbons (Fsp3) is 0.406. The molecule has 42 heavy (non-hydrogen) atoms. The maximum Gasteiger partial charge on any atom is 0.336 e. The predicted octanol–water partition coefficient (Wildman–Crippen LogP) is 3.77. The summed E-state index contributed by atoms with van der Waals surface area (Å²) in [6, 6.07) is 15.3. The van der Waals surface area contributed by atoms with Crippen LogP contribution >= 0.6 is 0 Å². The van der Waals surface area contributed by atoms with Gasteiger partial charge in [-0.25, -0.2) is 9.50 Å². The molecule has 2 aliphatic rings. The second-order valence-corrected chi connectivity index (χ2v) is 11.3. The zero-order valence-corrected chi connectivity index (χ0v) is 24.2. The van der Waals surface area contributed by atoms with Crippen LogP contribution in [0.5, 0.6) is 6.01 Å². The third kappa shape index (κ3) is 5.28. The highest BCUT2D eigenvalue weighted by Crippen LogP contribution is 2.29. The van der Waals surface area contributed by atoms with E-state index in [-0.39, 0.29) is 18.4 Å². The number of piperazine rings is 1. The first kappa shape index (κ1) is 27.7. The monoisotopic (exact) mass is 564 g/mol. The third-order valence-electron chi connectivity index (χ3n) is 8.61. The standard InChI is InChI=1S/C32H36N8O2/c1-4-28(41)39-17-16-38(20-25(39)13-14-33)31-30-34-19-27(18-24-11-6-10-23-9-5-8-22(2)29(23)24)40(30)36-32(35-31)42-21-26-12-7-15-37(26)3/h4-6,8-11,19,25-26H,1,7,12-13,15-18,20-21H2,2-3H3/t25-,26-/m0/s1.